The molecule has 1 aromatic heterocycles. The van der Waals surface area contributed by atoms with Gasteiger partial charge in [0.2, 0.25) is 5.91 Å². The van der Waals surface area contributed by atoms with E-state index in [2.05, 4.69) is 10.2 Å². The topological polar surface area (TPSA) is 120 Å². The van der Waals surface area contributed by atoms with Crippen LogP contribution >= 0.6 is 11.8 Å². The highest BCUT2D eigenvalue weighted by molar-refractivity contribution is 8.00. The molecule has 3 amide bonds. The van der Waals surface area contributed by atoms with E-state index in [9.17, 15) is 9.59 Å². The molecule has 8 nitrogen and oxygen atoms in total. The number of nitrogens with one attached hydrogen (secondary N) is 1. The van der Waals surface area contributed by atoms with Crippen LogP contribution in [-0.4, -0.2) is 27.4 Å². The summed E-state index contributed by atoms with van der Waals surface area (Å²) in [5, 5.41) is 9.25. The van der Waals surface area contributed by atoms with Crippen LogP contribution in [0.15, 0.2) is 33.9 Å². The molecule has 0 saturated heterocycles. The number of carbonyl (C=O) groups excluding carboxylic acids is 2. The molecule has 2 rings (SSSR count). The fourth-order valence-corrected chi connectivity index (χ4v) is 2.32. The standard InChI is InChI=1S/C14H16N4O4S/c1-8-4-3-5-10(6-8)21-7-11-17-18-14(22-11)23-9(2)12(19)16-13(15)20/h3-6,9H,7H2,1-2H3,(H3,15,16,19,20)/t9-/m1/s1. The van der Waals surface area contributed by atoms with Crippen molar-refractivity contribution in [1.82, 2.24) is 15.5 Å². The van der Waals surface area contributed by atoms with E-state index in [0.717, 1.165) is 17.3 Å². The Morgan fingerprint density at radius 3 is 2.91 bits per heavy atom. The Bertz CT molecular complexity index is 704. The maximum atomic E-state index is 11.6. The van der Waals surface area contributed by atoms with Gasteiger partial charge < -0.3 is 14.9 Å². The fraction of sp³-hybridized carbons (Fsp3) is 0.286. The number of amides is 3. The van der Waals surface area contributed by atoms with Gasteiger partial charge in [-0.3, -0.25) is 10.1 Å². The van der Waals surface area contributed by atoms with Gasteiger partial charge in [-0.1, -0.05) is 23.9 Å². The first-order valence-corrected chi connectivity index (χ1v) is 7.61. The van der Waals surface area contributed by atoms with Crippen LogP contribution in [0.2, 0.25) is 0 Å². The zero-order chi connectivity index (χ0) is 16.8. The lowest BCUT2D eigenvalue weighted by Gasteiger charge is -2.06. The van der Waals surface area contributed by atoms with Crippen molar-refractivity contribution in [3.05, 3.63) is 35.7 Å². The van der Waals surface area contributed by atoms with Crippen LogP contribution in [0.25, 0.3) is 0 Å². The van der Waals surface area contributed by atoms with E-state index >= 15 is 0 Å². The minimum atomic E-state index is -0.903. The summed E-state index contributed by atoms with van der Waals surface area (Å²) in [4.78, 5) is 22.2. The molecule has 1 aromatic carbocycles. The summed E-state index contributed by atoms with van der Waals surface area (Å²) < 4.78 is 10.9. The maximum Gasteiger partial charge on any atom is 0.318 e. The zero-order valence-corrected chi connectivity index (χ0v) is 13.4. The fourth-order valence-electron chi connectivity index (χ4n) is 1.62. The van der Waals surface area contributed by atoms with Crippen molar-refractivity contribution in [1.29, 1.82) is 0 Å². The number of thioether (sulfide) groups is 1. The van der Waals surface area contributed by atoms with E-state index in [1.807, 2.05) is 36.5 Å². The molecule has 0 aliphatic heterocycles. The number of nitrogens with zero attached hydrogens (tertiary/aromatic N) is 2. The molecule has 0 bridgehead atoms. The van der Waals surface area contributed by atoms with Crippen LogP contribution < -0.4 is 15.8 Å². The van der Waals surface area contributed by atoms with E-state index in [4.69, 9.17) is 14.9 Å². The molecule has 0 aliphatic rings. The Kier molecular flexibility index (Phi) is 5.58. The summed E-state index contributed by atoms with van der Waals surface area (Å²) >= 11 is 1.02. The largest absolute Gasteiger partial charge is 0.484 e. The second-order valence-electron chi connectivity index (χ2n) is 4.68. The van der Waals surface area contributed by atoms with E-state index in [1.54, 1.807) is 6.92 Å². The van der Waals surface area contributed by atoms with E-state index in [-0.39, 0.29) is 17.7 Å². The van der Waals surface area contributed by atoms with Crippen molar-refractivity contribution in [3.8, 4) is 5.75 Å². The Morgan fingerprint density at radius 2 is 2.22 bits per heavy atom. The van der Waals surface area contributed by atoms with Gasteiger partial charge in [0.1, 0.15) is 5.75 Å². The number of aryl methyl sites for hydroxylation is 1. The van der Waals surface area contributed by atoms with Gasteiger partial charge in [-0.2, -0.15) is 0 Å². The number of carbonyl (C=O) groups is 2. The summed E-state index contributed by atoms with van der Waals surface area (Å²) in [6.45, 7) is 3.68. The normalized spacial score (nSPS) is 11.7. The summed E-state index contributed by atoms with van der Waals surface area (Å²) in [5.74, 6) is 0.460. The van der Waals surface area contributed by atoms with Crippen LogP contribution in [0.5, 0.6) is 5.75 Å². The number of ether oxygens (including phenoxy) is 1. The average molecular weight is 336 g/mol. The summed E-state index contributed by atoms with van der Waals surface area (Å²) in [6.07, 6.45) is 0. The molecule has 0 fully saturated rings. The van der Waals surface area contributed by atoms with Gasteiger partial charge in [0.15, 0.2) is 6.61 Å². The van der Waals surface area contributed by atoms with Gasteiger partial charge in [0, 0.05) is 0 Å². The third-order valence-corrected chi connectivity index (χ3v) is 3.63. The minimum Gasteiger partial charge on any atom is -0.484 e. The molecule has 0 unspecified atom stereocenters. The van der Waals surface area contributed by atoms with E-state index in [1.165, 1.54) is 0 Å². The third-order valence-electron chi connectivity index (χ3n) is 2.69. The van der Waals surface area contributed by atoms with Gasteiger partial charge in [-0.05, 0) is 31.5 Å². The number of aromatic nitrogens is 2. The molecule has 0 saturated carbocycles. The van der Waals surface area contributed by atoms with Crippen LogP contribution in [0.1, 0.15) is 18.4 Å². The minimum absolute atomic E-state index is 0.124. The molecule has 23 heavy (non-hydrogen) atoms. The SMILES string of the molecule is Cc1cccc(OCc2nnc(S[C@H](C)C(=O)NC(N)=O)o2)c1. The van der Waals surface area contributed by atoms with Gasteiger partial charge in [-0.15, -0.1) is 10.2 Å². The molecule has 1 heterocycles. The zero-order valence-electron chi connectivity index (χ0n) is 12.6. The monoisotopic (exact) mass is 336 g/mol. The number of primary amides is 1. The highest BCUT2D eigenvalue weighted by Gasteiger charge is 2.19. The van der Waals surface area contributed by atoms with E-state index in [0.29, 0.717) is 5.75 Å². The number of rotatable bonds is 6. The molecule has 2 aromatic rings. The molecule has 122 valence electrons. The van der Waals surface area contributed by atoms with Gasteiger partial charge in [0.25, 0.3) is 11.1 Å². The molecular weight excluding hydrogens is 320 g/mol. The highest BCUT2D eigenvalue weighted by Crippen LogP contribution is 2.22. The lowest BCUT2D eigenvalue weighted by atomic mass is 10.2. The van der Waals surface area contributed by atoms with Gasteiger partial charge >= 0.3 is 6.03 Å². The molecule has 0 radical (unpaired) electrons. The molecule has 9 heteroatoms. The first-order chi connectivity index (χ1) is 10.9. The van der Waals surface area contributed by atoms with Crippen LogP contribution in [0.4, 0.5) is 4.79 Å². The Morgan fingerprint density at radius 1 is 1.43 bits per heavy atom. The molecular formula is C14H16N4O4S. The van der Waals surface area contributed by atoms with Gasteiger partial charge in [-0.25, -0.2) is 4.79 Å². The predicted molar refractivity (Wildman–Crippen MR) is 82.9 cm³/mol. The van der Waals surface area contributed by atoms with Crippen molar-refractivity contribution >= 4 is 23.7 Å². The smallest absolute Gasteiger partial charge is 0.318 e. The number of imide groups is 1. The average Bonchev–Trinajstić information content (AvgIpc) is 2.92. The number of urea groups is 1. The summed E-state index contributed by atoms with van der Waals surface area (Å²) in [6, 6.07) is 6.67. The van der Waals surface area contributed by atoms with E-state index < -0.39 is 17.2 Å². The predicted octanol–water partition coefficient (Wildman–Crippen LogP) is 1.63. The van der Waals surface area contributed by atoms with Crippen LogP contribution in [0.3, 0.4) is 0 Å². The number of nitrogens with two attached hydrogens (primary N) is 1. The second-order valence-corrected chi connectivity index (χ2v) is 5.97. The number of benzene rings is 1. The second kappa shape index (κ2) is 7.63. The summed E-state index contributed by atoms with van der Waals surface area (Å²) in [5.41, 5.74) is 5.97. The first-order valence-electron chi connectivity index (χ1n) is 6.73. The maximum absolute atomic E-state index is 11.6. The van der Waals surface area contributed by atoms with Crippen molar-refractivity contribution in [2.45, 2.75) is 30.9 Å². The van der Waals surface area contributed by atoms with Crippen molar-refractivity contribution in [2.75, 3.05) is 0 Å². The molecule has 0 spiro atoms. The van der Waals surface area contributed by atoms with Crippen molar-refractivity contribution in [2.24, 2.45) is 5.73 Å². The number of hydrogen-bond acceptors (Lipinski definition) is 7. The van der Waals surface area contributed by atoms with Gasteiger partial charge in [0.05, 0.1) is 5.25 Å². The summed E-state index contributed by atoms with van der Waals surface area (Å²) in [7, 11) is 0. The Balaban J connectivity index is 1.88. The molecule has 0 aliphatic carbocycles. The first kappa shape index (κ1) is 16.8. The Hall–Kier alpha value is -2.55. The van der Waals surface area contributed by atoms with Crippen molar-refractivity contribution < 1.29 is 18.7 Å². The van der Waals surface area contributed by atoms with Crippen LogP contribution in [-0.2, 0) is 11.4 Å². The molecule has 3 N–H and O–H groups in total. The van der Waals surface area contributed by atoms with Crippen LogP contribution in [0, 0.1) is 6.92 Å². The lowest BCUT2D eigenvalue weighted by Crippen LogP contribution is -2.39. The van der Waals surface area contributed by atoms with Crippen molar-refractivity contribution in [3.63, 3.8) is 0 Å². The third kappa shape index (κ3) is 5.29. The molecule has 1 atom stereocenters. The Labute approximate surface area is 136 Å². The lowest BCUT2D eigenvalue weighted by molar-refractivity contribution is -0.119. The quantitative estimate of drug-likeness (QED) is 0.769. The highest BCUT2D eigenvalue weighted by atomic mass is 32.2. The number of hydrogen-bond donors (Lipinski definition) is 2.